The van der Waals surface area contributed by atoms with E-state index in [2.05, 4.69) is 20.8 Å². The van der Waals surface area contributed by atoms with Gasteiger partial charge in [-0.15, -0.1) is 10.2 Å². The van der Waals surface area contributed by atoms with Crippen LogP contribution in [-0.4, -0.2) is 26.8 Å². The van der Waals surface area contributed by atoms with Gasteiger partial charge in [-0.2, -0.15) is 0 Å². The highest BCUT2D eigenvalue weighted by Crippen LogP contribution is 2.20. The molecule has 3 rings (SSSR count). The molecule has 1 aromatic heterocycles. The Kier molecular flexibility index (Phi) is 4.46. The quantitative estimate of drug-likeness (QED) is 0.906. The topological polar surface area (TPSA) is 71.8 Å². The number of hydrogen-bond acceptors (Lipinski definition) is 3. The number of carbonyl (C=O) groups is 1. The van der Waals surface area contributed by atoms with E-state index < -0.39 is 17.7 Å². The summed E-state index contributed by atoms with van der Waals surface area (Å²) in [5, 5.41) is 13.8. The van der Waals surface area contributed by atoms with Crippen LogP contribution in [0, 0.1) is 11.6 Å². The second kappa shape index (κ2) is 6.54. The first-order valence-corrected chi connectivity index (χ1v) is 7.88. The molecule has 128 valence electrons. The maximum absolute atomic E-state index is 13.2. The first kappa shape index (κ1) is 16.4. The molecular formula is C16H19F2N5O. The molecule has 2 aromatic rings. The lowest BCUT2D eigenvalue weighted by Crippen LogP contribution is -2.43. The molecule has 8 heteroatoms. The third-order valence-electron chi connectivity index (χ3n) is 4.00. The Morgan fingerprint density at radius 3 is 2.79 bits per heavy atom. The number of aromatic nitrogens is 3. The molecule has 2 amide bonds. The molecule has 1 atom stereocenters. The fourth-order valence-corrected chi connectivity index (χ4v) is 2.82. The predicted octanol–water partition coefficient (Wildman–Crippen LogP) is 2.82. The normalized spacial score (nSPS) is 16.8. The van der Waals surface area contributed by atoms with E-state index in [1.165, 1.54) is 6.07 Å². The van der Waals surface area contributed by atoms with Crippen molar-refractivity contribution in [1.82, 2.24) is 20.1 Å². The van der Waals surface area contributed by atoms with Crippen molar-refractivity contribution in [2.45, 2.75) is 45.2 Å². The minimum Gasteiger partial charge on any atom is -0.333 e. The highest BCUT2D eigenvalue weighted by atomic mass is 19.2. The van der Waals surface area contributed by atoms with Crippen LogP contribution in [0.4, 0.5) is 19.3 Å². The van der Waals surface area contributed by atoms with Crippen molar-refractivity contribution >= 4 is 11.7 Å². The molecule has 1 aliphatic heterocycles. The Balaban J connectivity index is 1.63. The Labute approximate surface area is 138 Å². The largest absolute Gasteiger partial charge is 0.333 e. The summed E-state index contributed by atoms with van der Waals surface area (Å²) in [6.07, 6.45) is 1.48. The van der Waals surface area contributed by atoms with E-state index >= 15 is 0 Å². The average molecular weight is 335 g/mol. The van der Waals surface area contributed by atoms with E-state index in [0.717, 1.165) is 36.6 Å². The van der Waals surface area contributed by atoms with Crippen LogP contribution in [0.1, 0.15) is 37.8 Å². The molecule has 0 saturated heterocycles. The predicted molar refractivity (Wildman–Crippen MR) is 84.7 cm³/mol. The number of aryl methyl sites for hydroxylation is 1. The lowest BCUT2D eigenvalue weighted by atomic mass is 10.1. The number of urea groups is 1. The third kappa shape index (κ3) is 3.37. The summed E-state index contributed by atoms with van der Waals surface area (Å²) >= 11 is 0. The van der Waals surface area contributed by atoms with E-state index in [9.17, 15) is 13.6 Å². The van der Waals surface area contributed by atoms with Crippen molar-refractivity contribution in [3.05, 3.63) is 41.5 Å². The zero-order chi connectivity index (χ0) is 17.3. The van der Waals surface area contributed by atoms with Crippen molar-refractivity contribution in [3.8, 4) is 0 Å². The third-order valence-corrected chi connectivity index (χ3v) is 4.00. The molecule has 0 bridgehead atoms. The number of amides is 2. The molecule has 2 heterocycles. The minimum absolute atomic E-state index is 0.0729. The maximum Gasteiger partial charge on any atom is 0.319 e. The van der Waals surface area contributed by atoms with Crippen molar-refractivity contribution in [2.75, 3.05) is 5.32 Å². The molecule has 6 nitrogen and oxygen atoms in total. The fourth-order valence-electron chi connectivity index (χ4n) is 2.82. The van der Waals surface area contributed by atoms with Gasteiger partial charge in [-0.25, -0.2) is 13.6 Å². The van der Waals surface area contributed by atoms with Crippen molar-refractivity contribution in [2.24, 2.45) is 0 Å². The zero-order valence-corrected chi connectivity index (χ0v) is 13.5. The summed E-state index contributed by atoms with van der Waals surface area (Å²) in [5.74, 6) is 0.132. The molecule has 2 N–H and O–H groups in total. The number of halogens is 2. The van der Waals surface area contributed by atoms with Crippen molar-refractivity contribution in [1.29, 1.82) is 0 Å². The first-order chi connectivity index (χ1) is 11.4. The van der Waals surface area contributed by atoms with Crippen LogP contribution < -0.4 is 10.6 Å². The van der Waals surface area contributed by atoms with Crippen LogP contribution in [0.25, 0.3) is 0 Å². The Morgan fingerprint density at radius 1 is 1.29 bits per heavy atom. The maximum atomic E-state index is 13.2. The smallest absolute Gasteiger partial charge is 0.319 e. The van der Waals surface area contributed by atoms with E-state index in [1.54, 1.807) is 0 Å². The molecule has 0 unspecified atom stereocenters. The van der Waals surface area contributed by atoms with Gasteiger partial charge in [-0.05, 0) is 18.6 Å². The molecule has 24 heavy (non-hydrogen) atoms. The Bertz CT molecular complexity index is 759. The number of hydrogen-bond donors (Lipinski definition) is 2. The van der Waals surface area contributed by atoms with Crippen LogP contribution in [0.2, 0.25) is 0 Å². The number of anilines is 1. The van der Waals surface area contributed by atoms with Gasteiger partial charge in [0.1, 0.15) is 11.6 Å². The van der Waals surface area contributed by atoms with Crippen LogP contribution in [-0.2, 0) is 13.0 Å². The molecule has 1 aromatic carbocycles. The van der Waals surface area contributed by atoms with Gasteiger partial charge in [0.2, 0.25) is 0 Å². The number of carbonyl (C=O) groups excluding carboxylic acids is 1. The number of nitrogens with zero attached hydrogens (tertiary/aromatic N) is 3. The van der Waals surface area contributed by atoms with Crippen LogP contribution in [0.15, 0.2) is 18.2 Å². The summed E-state index contributed by atoms with van der Waals surface area (Å²) in [5.41, 5.74) is 0.204. The zero-order valence-electron chi connectivity index (χ0n) is 13.5. The van der Waals surface area contributed by atoms with Gasteiger partial charge in [-0.3, -0.25) is 0 Å². The monoisotopic (exact) mass is 335 g/mol. The molecule has 0 spiro atoms. The van der Waals surface area contributed by atoms with Crippen molar-refractivity contribution < 1.29 is 13.6 Å². The molecular weight excluding hydrogens is 316 g/mol. The van der Waals surface area contributed by atoms with Crippen LogP contribution >= 0.6 is 0 Å². The number of fused-ring (bicyclic) bond motifs is 1. The van der Waals surface area contributed by atoms with Gasteiger partial charge in [0.05, 0.1) is 0 Å². The van der Waals surface area contributed by atoms with E-state index in [0.29, 0.717) is 6.54 Å². The van der Waals surface area contributed by atoms with E-state index in [-0.39, 0.29) is 17.6 Å². The lowest BCUT2D eigenvalue weighted by Gasteiger charge is -2.26. The van der Waals surface area contributed by atoms with Gasteiger partial charge in [0, 0.05) is 36.7 Å². The number of benzene rings is 1. The second-order valence-corrected chi connectivity index (χ2v) is 6.20. The van der Waals surface area contributed by atoms with Gasteiger partial charge >= 0.3 is 6.03 Å². The fraction of sp³-hybridized carbons (Fsp3) is 0.438. The average Bonchev–Trinajstić information content (AvgIpc) is 2.94. The minimum atomic E-state index is -0.999. The SMILES string of the molecule is CC(C)c1nnc2n1C[C@H](NC(=O)Nc1ccc(F)c(F)c1)CC2. The first-order valence-electron chi connectivity index (χ1n) is 7.88. The van der Waals surface area contributed by atoms with Gasteiger partial charge in [0.25, 0.3) is 0 Å². The summed E-state index contributed by atoms with van der Waals surface area (Å²) < 4.78 is 28.1. The molecule has 0 saturated carbocycles. The van der Waals surface area contributed by atoms with Crippen LogP contribution in [0.3, 0.4) is 0 Å². The molecule has 0 aliphatic carbocycles. The molecule has 0 radical (unpaired) electrons. The van der Waals surface area contributed by atoms with Gasteiger partial charge < -0.3 is 15.2 Å². The van der Waals surface area contributed by atoms with Gasteiger partial charge in [-0.1, -0.05) is 13.8 Å². The Morgan fingerprint density at radius 2 is 2.08 bits per heavy atom. The second-order valence-electron chi connectivity index (χ2n) is 6.20. The Hall–Kier alpha value is -2.51. The highest BCUT2D eigenvalue weighted by Gasteiger charge is 2.25. The van der Waals surface area contributed by atoms with Gasteiger partial charge in [0.15, 0.2) is 11.6 Å². The van der Waals surface area contributed by atoms with Crippen molar-refractivity contribution in [3.63, 3.8) is 0 Å². The number of rotatable bonds is 3. The van der Waals surface area contributed by atoms with Crippen LogP contribution in [0.5, 0.6) is 0 Å². The number of nitrogens with one attached hydrogen (secondary N) is 2. The molecule has 1 aliphatic rings. The summed E-state index contributed by atoms with van der Waals surface area (Å²) in [6.45, 7) is 4.69. The summed E-state index contributed by atoms with van der Waals surface area (Å²) in [6, 6.07) is 2.71. The lowest BCUT2D eigenvalue weighted by molar-refractivity contribution is 0.244. The molecule has 0 fully saturated rings. The standard InChI is InChI=1S/C16H19F2N5O/c1-9(2)15-22-21-14-6-4-11(8-23(14)15)20-16(24)19-10-3-5-12(17)13(18)7-10/h3,5,7,9,11H,4,6,8H2,1-2H3,(H2,19,20,24)/t11-/m1/s1. The van der Waals surface area contributed by atoms with E-state index in [4.69, 9.17) is 0 Å². The highest BCUT2D eigenvalue weighted by molar-refractivity contribution is 5.89. The summed E-state index contributed by atoms with van der Waals surface area (Å²) in [4.78, 5) is 12.1. The summed E-state index contributed by atoms with van der Waals surface area (Å²) in [7, 11) is 0. The van der Waals surface area contributed by atoms with E-state index in [1.807, 2.05) is 18.4 Å².